The van der Waals surface area contributed by atoms with E-state index in [9.17, 15) is 13.2 Å². The van der Waals surface area contributed by atoms with E-state index in [-0.39, 0.29) is 28.7 Å². The Morgan fingerprint density at radius 3 is 2.36 bits per heavy atom. The number of hydrogen-bond acceptors (Lipinski definition) is 5. The lowest BCUT2D eigenvalue weighted by Gasteiger charge is -2.36. The van der Waals surface area contributed by atoms with Gasteiger partial charge >= 0.3 is 0 Å². The maximum atomic E-state index is 13.3. The molecule has 4 aromatic rings. The summed E-state index contributed by atoms with van der Waals surface area (Å²) in [5, 5.41) is 3.63. The number of sulfonamides is 1. The number of hydrogen-bond donors (Lipinski definition) is 2. The maximum absolute atomic E-state index is 13.3. The molecular formula is C32H30N2O4S. The van der Waals surface area contributed by atoms with E-state index < -0.39 is 10.0 Å². The Labute approximate surface area is 229 Å². The quantitative estimate of drug-likeness (QED) is 0.271. The molecule has 39 heavy (non-hydrogen) atoms. The SMILES string of the molecule is Cc1ccc(NS(=O)(=O)c2ccc3c(c2)C2OCC[C@H]2C(c2ccc(C(=O)c4ccccc4)cc2)N3)cc1C. The molecule has 1 saturated heterocycles. The molecule has 6 nitrogen and oxygen atoms in total. The molecule has 2 unspecified atom stereocenters. The van der Waals surface area contributed by atoms with Crippen molar-refractivity contribution in [3.63, 3.8) is 0 Å². The topological polar surface area (TPSA) is 84.5 Å². The smallest absolute Gasteiger partial charge is 0.261 e. The van der Waals surface area contributed by atoms with Gasteiger partial charge in [-0.1, -0.05) is 60.7 Å². The van der Waals surface area contributed by atoms with Crippen molar-refractivity contribution >= 4 is 27.2 Å². The summed E-state index contributed by atoms with van der Waals surface area (Å²) < 4.78 is 35.4. The maximum Gasteiger partial charge on any atom is 0.261 e. The predicted octanol–water partition coefficient (Wildman–Crippen LogP) is 6.58. The van der Waals surface area contributed by atoms with Crippen LogP contribution in [-0.2, 0) is 14.8 Å². The first-order chi connectivity index (χ1) is 18.8. The minimum Gasteiger partial charge on any atom is -0.378 e. The van der Waals surface area contributed by atoms with Crippen LogP contribution in [0, 0.1) is 19.8 Å². The normalized spacial score (nSPS) is 20.0. The van der Waals surface area contributed by atoms with E-state index in [1.54, 1.807) is 18.2 Å². The zero-order valence-electron chi connectivity index (χ0n) is 21.8. The number of rotatable bonds is 6. The molecule has 0 spiro atoms. The highest BCUT2D eigenvalue weighted by atomic mass is 32.2. The van der Waals surface area contributed by atoms with E-state index in [0.717, 1.165) is 34.4 Å². The van der Waals surface area contributed by atoms with Crippen LogP contribution in [0.4, 0.5) is 11.4 Å². The number of ketones is 1. The molecule has 2 aliphatic heterocycles. The molecule has 2 heterocycles. The molecule has 0 aromatic heterocycles. The molecule has 2 N–H and O–H groups in total. The largest absolute Gasteiger partial charge is 0.378 e. The van der Waals surface area contributed by atoms with Crippen LogP contribution in [0.2, 0.25) is 0 Å². The van der Waals surface area contributed by atoms with E-state index in [2.05, 4.69) is 10.0 Å². The Kier molecular flexibility index (Phi) is 6.49. The lowest BCUT2D eigenvalue weighted by molar-refractivity contribution is 0.0827. The molecule has 198 valence electrons. The molecule has 0 radical (unpaired) electrons. The van der Waals surface area contributed by atoms with Crippen molar-refractivity contribution in [3.05, 3.63) is 124 Å². The lowest BCUT2D eigenvalue weighted by Crippen LogP contribution is -2.29. The average molecular weight is 539 g/mol. The third kappa shape index (κ3) is 4.84. The highest BCUT2D eigenvalue weighted by Gasteiger charge is 2.42. The zero-order chi connectivity index (χ0) is 27.1. The summed E-state index contributed by atoms with van der Waals surface area (Å²) in [5.41, 5.74) is 6.76. The van der Waals surface area contributed by atoms with Gasteiger partial charge in [0.1, 0.15) is 0 Å². The van der Waals surface area contributed by atoms with Gasteiger partial charge in [-0.2, -0.15) is 0 Å². The van der Waals surface area contributed by atoms with Crippen LogP contribution in [0.1, 0.15) is 56.7 Å². The first-order valence-electron chi connectivity index (χ1n) is 13.1. The van der Waals surface area contributed by atoms with Crippen molar-refractivity contribution in [2.75, 3.05) is 16.6 Å². The van der Waals surface area contributed by atoms with Gasteiger partial charge in [-0.15, -0.1) is 0 Å². The Morgan fingerprint density at radius 2 is 1.62 bits per heavy atom. The van der Waals surface area contributed by atoms with Crippen LogP contribution in [0.15, 0.2) is 95.9 Å². The molecule has 0 aliphatic carbocycles. The van der Waals surface area contributed by atoms with Gasteiger partial charge in [0.25, 0.3) is 10.0 Å². The molecule has 2 aliphatic rings. The van der Waals surface area contributed by atoms with Gasteiger partial charge in [-0.25, -0.2) is 8.42 Å². The van der Waals surface area contributed by atoms with Crippen molar-refractivity contribution in [2.24, 2.45) is 5.92 Å². The van der Waals surface area contributed by atoms with E-state index in [1.165, 1.54) is 0 Å². The van der Waals surface area contributed by atoms with E-state index >= 15 is 0 Å². The Balaban J connectivity index is 1.26. The molecular weight excluding hydrogens is 508 g/mol. The summed E-state index contributed by atoms with van der Waals surface area (Å²) in [4.78, 5) is 13.1. The first-order valence-corrected chi connectivity index (χ1v) is 14.6. The van der Waals surface area contributed by atoms with Crippen LogP contribution in [0.5, 0.6) is 0 Å². The fourth-order valence-electron chi connectivity index (χ4n) is 5.56. The summed E-state index contributed by atoms with van der Waals surface area (Å²) in [7, 11) is -3.77. The number of fused-ring (bicyclic) bond motifs is 3. The second-order valence-electron chi connectivity index (χ2n) is 10.3. The van der Waals surface area contributed by atoms with Crippen molar-refractivity contribution in [2.45, 2.75) is 37.3 Å². The van der Waals surface area contributed by atoms with E-state index in [4.69, 9.17) is 4.74 Å². The van der Waals surface area contributed by atoms with Gasteiger partial charge in [0.05, 0.1) is 17.0 Å². The Bertz CT molecular complexity index is 1650. The molecule has 1 fully saturated rings. The number of carbonyl (C=O) groups is 1. The zero-order valence-corrected chi connectivity index (χ0v) is 22.7. The fourth-order valence-corrected chi connectivity index (χ4v) is 6.65. The van der Waals surface area contributed by atoms with Crippen LogP contribution in [0.3, 0.4) is 0 Å². The molecule has 0 amide bonds. The van der Waals surface area contributed by atoms with Crippen LogP contribution < -0.4 is 10.0 Å². The number of anilines is 2. The third-order valence-corrected chi connectivity index (χ3v) is 9.22. The molecule has 0 saturated carbocycles. The molecule has 6 rings (SSSR count). The molecule has 7 heteroatoms. The van der Waals surface area contributed by atoms with Gasteiger partial charge < -0.3 is 10.1 Å². The highest BCUT2D eigenvalue weighted by Crippen LogP contribution is 2.50. The van der Waals surface area contributed by atoms with Gasteiger partial charge in [-0.05, 0) is 67.3 Å². The monoisotopic (exact) mass is 538 g/mol. The third-order valence-electron chi connectivity index (χ3n) is 7.84. The van der Waals surface area contributed by atoms with Crippen molar-refractivity contribution < 1.29 is 17.9 Å². The van der Waals surface area contributed by atoms with Crippen molar-refractivity contribution in [1.29, 1.82) is 0 Å². The van der Waals surface area contributed by atoms with E-state index in [1.807, 2.05) is 86.6 Å². The number of carbonyl (C=O) groups excluding carboxylic acids is 1. The lowest BCUT2D eigenvalue weighted by atomic mass is 9.81. The number of nitrogens with one attached hydrogen (secondary N) is 2. The number of benzene rings is 4. The van der Waals surface area contributed by atoms with Crippen LogP contribution in [0.25, 0.3) is 0 Å². The minimum absolute atomic E-state index is 0.00526. The standard InChI is InChI=1S/C32H30N2O4S/c1-20-8-13-25(18-21(20)2)34-39(36,37)26-14-15-29-28(19-26)32-27(16-17-38-32)30(33-29)22-9-11-24(12-10-22)31(35)23-6-4-3-5-7-23/h3-15,18-19,27,30,32-34H,16-17H2,1-2H3/t27-,30?,32?/m0/s1. The average Bonchev–Trinajstić information content (AvgIpc) is 3.45. The summed E-state index contributed by atoms with van der Waals surface area (Å²) in [6, 6.07) is 27.7. The van der Waals surface area contributed by atoms with Gasteiger partial charge in [0.15, 0.2) is 5.78 Å². The minimum atomic E-state index is -3.77. The van der Waals surface area contributed by atoms with Crippen LogP contribution in [-0.4, -0.2) is 20.8 Å². The number of aryl methyl sites for hydroxylation is 2. The summed E-state index contributed by atoms with van der Waals surface area (Å²) >= 11 is 0. The van der Waals surface area contributed by atoms with Gasteiger partial charge in [0.2, 0.25) is 0 Å². The highest BCUT2D eigenvalue weighted by molar-refractivity contribution is 7.92. The summed E-state index contributed by atoms with van der Waals surface area (Å²) in [6.07, 6.45) is 0.637. The predicted molar refractivity (Wildman–Crippen MR) is 153 cm³/mol. The molecule has 3 atom stereocenters. The second kappa shape index (κ2) is 9.98. The number of ether oxygens (including phenoxy) is 1. The summed E-state index contributed by atoms with van der Waals surface area (Å²) in [6.45, 7) is 4.56. The second-order valence-corrected chi connectivity index (χ2v) is 12.0. The van der Waals surface area contributed by atoms with Gasteiger partial charge in [0, 0.05) is 40.6 Å². The van der Waals surface area contributed by atoms with Crippen molar-refractivity contribution in [1.82, 2.24) is 0 Å². The first kappa shape index (κ1) is 25.3. The summed E-state index contributed by atoms with van der Waals surface area (Å²) in [5.74, 6) is 0.133. The van der Waals surface area contributed by atoms with Crippen molar-refractivity contribution in [3.8, 4) is 0 Å². The fraction of sp³-hybridized carbons (Fsp3) is 0.219. The van der Waals surface area contributed by atoms with Crippen LogP contribution >= 0.6 is 0 Å². The molecule has 0 bridgehead atoms. The van der Waals surface area contributed by atoms with Gasteiger partial charge in [-0.3, -0.25) is 9.52 Å². The Hall–Kier alpha value is -3.94. The van der Waals surface area contributed by atoms with E-state index in [0.29, 0.717) is 23.4 Å². The Morgan fingerprint density at radius 1 is 0.872 bits per heavy atom. The molecule has 4 aromatic carbocycles.